The van der Waals surface area contributed by atoms with Crippen molar-refractivity contribution in [3.05, 3.63) is 66.4 Å². The number of anilines is 4. The third-order valence-corrected chi connectivity index (χ3v) is 5.06. The minimum atomic E-state index is -0.121. The van der Waals surface area contributed by atoms with Gasteiger partial charge in [0.1, 0.15) is 11.6 Å². The summed E-state index contributed by atoms with van der Waals surface area (Å²) in [5.74, 6) is 2.14. The number of aromatic nitrogens is 2. The van der Waals surface area contributed by atoms with Gasteiger partial charge in [0.05, 0.1) is 7.11 Å². The highest BCUT2D eigenvalue weighted by atomic mass is 16.5. The second-order valence-corrected chi connectivity index (χ2v) is 7.32. The SMILES string of the molecule is COc1cccc(NC(=O)N2CCN(c3nc(C)cc(Nc4ccccc4)n3)CC2)c1. The van der Waals surface area contributed by atoms with Crippen LogP contribution in [-0.2, 0) is 0 Å². The molecule has 3 aromatic rings. The van der Waals surface area contributed by atoms with E-state index in [0.717, 1.165) is 17.2 Å². The number of carbonyl (C=O) groups excluding carboxylic acids is 1. The Hall–Kier alpha value is -3.81. The monoisotopic (exact) mass is 418 g/mol. The van der Waals surface area contributed by atoms with Crippen molar-refractivity contribution in [3.63, 3.8) is 0 Å². The lowest BCUT2D eigenvalue weighted by Crippen LogP contribution is -2.50. The molecule has 1 aliphatic heterocycles. The number of aryl methyl sites for hydroxylation is 1. The first-order valence-corrected chi connectivity index (χ1v) is 10.2. The number of hydrogen-bond acceptors (Lipinski definition) is 6. The van der Waals surface area contributed by atoms with E-state index in [1.807, 2.05) is 61.5 Å². The van der Waals surface area contributed by atoms with Gasteiger partial charge < -0.3 is 25.2 Å². The van der Waals surface area contributed by atoms with Crippen LogP contribution in [0.25, 0.3) is 0 Å². The molecule has 2 N–H and O–H groups in total. The molecule has 8 nitrogen and oxygen atoms in total. The molecule has 1 fully saturated rings. The average Bonchev–Trinajstić information content (AvgIpc) is 2.79. The van der Waals surface area contributed by atoms with E-state index in [9.17, 15) is 4.79 Å². The number of amides is 2. The van der Waals surface area contributed by atoms with Crippen molar-refractivity contribution in [2.45, 2.75) is 6.92 Å². The molecule has 160 valence electrons. The Bertz CT molecular complexity index is 1040. The van der Waals surface area contributed by atoms with E-state index in [1.54, 1.807) is 18.1 Å². The van der Waals surface area contributed by atoms with Gasteiger partial charge in [-0.3, -0.25) is 0 Å². The summed E-state index contributed by atoms with van der Waals surface area (Å²) in [5, 5.41) is 6.26. The number of urea groups is 1. The molecule has 0 spiro atoms. The number of methoxy groups -OCH3 is 1. The highest BCUT2D eigenvalue weighted by molar-refractivity contribution is 5.89. The van der Waals surface area contributed by atoms with Crippen LogP contribution in [0.15, 0.2) is 60.7 Å². The van der Waals surface area contributed by atoms with Crippen molar-refractivity contribution in [2.75, 3.05) is 48.8 Å². The molecule has 0 aliphatic carbocycles. The Labute approximate surface area is 181 Å². The summed E-state index contributed by atoms with van der Waals surface area (Å²) < 4.78 is 5.21. The summed E-state index contributed by atoms with van der Waals surface area (Å²) >= 11 is 0. The first-order chi connectivity index (χ1) is 15.1. The molecule has 2 aromatic carbocycles. The smallest absolute Gasteiger partial charge is 0.321 e. The number of benzene rings is 2. The van der Waals surface area contributed by atoms with E-state index in [4.69, 9.17) is 4.74 Å². The van der Waals surface area contributed by atoms with Gasteiger partial charge in [0.2, 0.25) is 5.95 Å². The molecule has 0 unspecified atom stereocenters. The predicted octanol–water partition coefficient (Wildman–Crippen LogP) is 3.89. The number of ether oxygens (including phenoxy) is 1. The molecule has 4 rings (SSSR count). The maximum atomic E-state index is 12.6. The zero-order chi connectivity index (χ0) is 21.6. The van der Waals surface area contributed by atoms with Gasteiger partial charge in [0, 0.05) is 55.4 Å². The molecular weight excluding hydrogens is 392 g/mol. The third kappa shape index (κ3) is 5.22. The van der Waals surface area contributed by atoms with Gasteiger partial charge >= 0.3 is 6.03 Å². The average molecular weight is 419 g/mol. The van der Waals surface area contributed by atoms with Crippen molar-refractivity contribution >= 4 is 29.2 Å². The van der Waals surface area contributed by atoms with Gasteiger partial charge in [-0.25, -0.2) is 9.78 Å². The fourth-order valence-electron chi connectivity index (χ4n) is 3.44. The van der Waals surface area contributed by atoms with Crippen LogP contribution in [0.4, 0.5) is 27.9 Å². The molecular formula is C23H26N6O2. The van der Waals surface area contributed by atoms with E-state index < -0.39 is 0 Å². The number of hydrogen-bond donors (Lipinski definition) is 2. The van der Waals surface area contributed by atoms with Crippen LogP contribution in [0.5, 0.6) is 5.75 Å². The zero-order valence-electron chi connectivity index (χ0n) is 17.7. The topological polar surface area (TPSA) is 82.6 Å². The maximum absolute atomic E-state index is 12.6. The molecule has 31 heavy (non-hydrogen) atoms. The zero-order valence-corrected chi connectivity index (χ0v) is 17.7. The largest absolute Gasteiger partial charge is 0.497 e. The van der Waals surface area contributed by atoms with Gasteiger partial charge in [-0.2, -0.15) is 4.98 Å². The van der Waals surface area contributed by atoms with Gasteiger partial charge in [-0.05, 0) is 31.2 Å². The van der Waals surface area contributed by atoms with Crippen LogP contribution < -0.4 is 20.3 Å². The number of rotatable bonds is 5. The van der Waals surface area contributed by atoms with Crippen LogP contribution >= 0.6 is 0 Å². The van der Waals surface area contributed by atoms with Crippen LogP contribution in [0.2, 0.25) is 0 Å². The molecule has 0 radical (unpaired) electrons. The summed E-state index contributed by atoms with van der Waals surface area (Å²) in [6, 6.07) is 19.1. The van der Waals surface area contributed by atoms with Crippen molar-refractivity contribution in [3.8, 4) is 5.75 Å². The fourth-order valence-corrected chi connectivity index (χ4v) is 3.44. The molecule has 0 saturated carbocycles. The van der Waals surface area contributed by atoms with Crippen LogP contribution in [0, 0.1) is 6.92 Å². The molecule has 1 aromatic heterocycles. The summed E-state index contributed by atoms with van der Waals surface area (Å²) in [6.45, 7) is 4.47. The third-order valence-electron chi connectivity index (χ3n) is 5.06. The van der Waals surface area contributed by atoms with E-state index in [-0.39, 0.29) is 6.03 Å². The number of carbonyl (C=O) groups is 1. The van der Waals surface area contributed by atoms with E-state index >= 15 is 0 Å². The van der Waals surface area contributed by atoms with Gasteiger partial charge in [0.15, 0.2) is 0 Å². The summed E-state index contributed by atoms with van der Waals surface area (Å²) in [7, 11) is 1.61. The maximum Gasteiger partial charge on any atom is 0.321 e. The molecule has 1 aliphatic rings. The Balaban J connectivity index is 1.37. The number of para-hydroxylation sites is 1. The second-order valence-electron chi connectivity index (χ2n) is 7.32. The number of piperazine rings is 1. The lowest BCUT2D eigenvalue weighted by Gasteiger charge is -2.34. The van der Waals surface area contributed by atoms with Crippen molar-refractivity contribution in [1.82, 2.24) is 14.9 Å². The Morgan fingerprint density at radius 2 is 1.68 bits per heavy atom. The van der Waals surface area contributed by atoms with E-state index in [2.05, 4.69) is 25.5 Å². The van der Waals surface area contributed by atoms with Crippen molar-refractivity contribution in [1.29, 1.82) is 0 Å². The summed E-state index contributed by atoms with van der Waals surface area (Å²) in [6.07, 6.45) is 0. The molecule has 1 saturated heterocycles. The summed E-state index contributed by atoms with van der Waals surface area (Å²) in [4.78, 5) is 25.8. The highest BCUT2D eigenvalue weighted by Gasteiger charge is 2.23. The lowest BCUT2D eigenvalue weighted by atomic mass is 10.3. The lowest BCUT2D eigenvalue weighted by molar-refractivity contribution is 0.208. The Morgan fingerprint density at radius 1 is 0.935 bits per heavy atom. The van der Waals surface area contributed by atoms with Crippen molar-refractivity contribution in [2.24, 2.45) is 0 Å². The summed E-state index contributed by atoms with van der Waals surface area (Å²) in [5.41, 5.74) is 2.58. The van der Waals surface area contributed by atoms with Gasteiger partial charge in [-0.15, -0.1) is 0 Å². The number of nitrogens with one attached hydrogen (secondary N) is 2. The molecule has 2 heterocycles. The first-order valence-electron chi connectivity index (χ1n) is 10.2. The van der Waals surface area contributed by atoms with Gasteiger partial charge in [0.25, 0.3) is 0 Å². The fraction of sp³-hybridized carbons (Fsp3) is 0.261. The van der Waals surface area contributed by atoms with Gasteiger partial charge in [-0.1, -0.05) is 24.3 Å². The first kappa shape index (κ1) is 20.5. The molecule has 0 bridgehead atoms. The quantitative estimate of drug-likeness (QED) is 0.654. The molecule has 2 amide bonds. The van der Waals surface area contributed by atoms with Crippen LogP contribution in [-0.4, -0.2) is 54.2 Å². The standard InChI is InChI=1S/C23H26N6O2/c1-17-15-21(25-18-7-4-3-5-8-18)27-22(24-17)28-11-13-29(14-12-28)23(30)26-19-9-6-10-20(16-19)31-2/h3-10,15-16H,11-14H2,1-2H3,(H,26,30)(H,24,25,27). The van der Waals surface area contributed by atoms with Crippen LogP contribution in [0.3, 0.4) is 0 Å². The molecule has 8 heteroatoms. The van der Waals surface area contributed by atoms with Crippen LogP contribution in [0.1, 0.15) is 5.69 Å². The minimum Gasteiger partial charge on any atom is -0.497 e. The predicted molar refractivity (Wildman–Crippen MR) is 122 cm³/mol. The second kappa shape index (κ2) is 9.34. The normalized spacial score (nSPS) is 13.6. The highest BCUT2D eigenvalue weighted by Crippen LogP contribution is 2.20. The Kier molecular flexibility index (Phi) is 6.16. The minimum absolute atomic E-state index is 0.121. The van der Waals surface area contributed by atoms with E-state index in [0.29, 0.717) is 43.6 Å². The molecule has 0 atom stereocenters. The van der Waals surface area contributed by atoms with E-state index in [1.165, 1.54) is 0 Å². The Morgan fingerprint density at radius 3 is 2.42 bits per heavy atom. The van der Waals surface area contributed by atoms with Crippen molar-refractivity contribution < 1.29 is 9.53 Å². The number of nitrogens with zero attached hydrogens (tertiary/aromatic N) is 4.